The highest BCUT2D eigenvalue weighted by atomic mass is 16.6. The number of ether oxygens (including phenoxy) is 2. The Hall–Kier alpha value is -2.77. The number of hydrogen-bond acceptors (Lipinski definition) is 7. The maximum Gasteiger partial charge on any atom is 0.341 e. The molecule has 0 saturated carbocycles. The second kappa shape index (κ2) is 7.00. The van der Waals surface area contributed by atoms with Crippen LogP contribution in [-0.4, -0.2) is 34.2 Å². The summed E-state index contributed by atoms with van der Waals surface area (Å²) in [5, 5.41) is 11.9. The zero-order valence-electron chi connectivity index (χ0n) is 15.3. The molecule has 8 heteroatoms. The third-order valence-electron chi connectivity index (χ3n) is 2.83. The molecule has 1 aromatic rings. The molecule has 0 aliphatic heterocycles. The predicted molar refractivity (Wildman–Crippen MR) is 93.7 cm³/mol. The van der Waals surface area contributed by atoms with Crippen molar-refractivity contribution in [2.24, 2.45) is 10.9 Å². The van der Waals surface area contributed by atoms with E-state index in [9.17, 15) is 9.59 Å². The third kappa shape index (κ3) is 5.37. The first-order chi connectivity index (χ1) is 11.3. The van der Waals surface area contributed by atoms with Gasteiger partial charge in [-0.25, -0.2) is 9.59 Å². The zero-order valence-corrected chi connectivity index (χ0v) is 15.3. The number of anilines is 1. The van der Waals surface area contributed by atoms with Gasteiger partial charge in [0.05, 0.1) is 11.1 Å². The van der Waals surface area contributed by atoms with Crippen molar-refractivity contribution in [1.82, 2.24) is 0 Å². The summed E-state index contributed by atoms with van der Waals surface area (Å²) in [6.45, 7) is 10.1. The van der Waals surface area contributed by atoms with Crippen LogP contribution < -0.4 is 11.5 Å². The molecule has 8 nitrogen and oxygen atoms in total. The van der Waals surface area contributed by atoms with Crippen LogP contribution in [0.4, 0.5) is 5.69 Å². The highest BCUT2D eigenvalue weighted by molar-refractivity contribution is 6.14. The summed E-state index contributed by atoms with van der Waals surface area (Å²) in [5.74, 6) is -1.99. The summed E-state index contributed by atoms with van der Waals surface area (Å²) >= 11 is 0. The van der Waals surface area contributed by atoms with E-state index in [1.807, 2.05) is 0 Å². The van der Waals surface area contributed by atoms with Crippen LogP contribution in [0.3, 0.4) is 0 Å². The van der Waals surface area contributed by atoms with Crippen LogP contribution in [0.2, 0.25) is 0 Å². The Labute approximate surface area is 146 Å². The Bertz CT molecular complexity index is 712. The van der Waals surface area contributed by atoms with Gasteiger partial charge in [0.2, 0.25) is 0 Å². The summed E-state index contributed by atoms with van der Waals surface area (Å²) in [4.78, 5) is 25.2. The maximum atomic E-state index is 12.7. The number of oxime groups is 1. The van der Waals surface area contributed by atoms with Crippen molar-refractivity contribution in [3.63, 3.8) is 0 Å². The molecule has 0 amide bonds. The first kappa shape index (κ1) is 20.3. The van der Waals surface area contributed by atoms with E-state index in [1.165, 1.54) is 12.1 Å². The van der Waals surface area contributed by atoms with Gasteiger partial charge in [0, 0.05) is 11.3 Å². The van der Waals surface area contributed by atoms with Crippen molar-refractivity contribution in [1.29, 1.82) is 0 Å². The molecule has 1 rings (SSSR count). The fourth-order valence-corrected chi connectivity index (χ4v) is 1.98. The summed E-state index contributed by atoms with van der Waals surface area (Å²) in [6, 6.07) is 2.75. The fourth-order valence-electron chi connectivity index (χ4n) is 1.98. The second-order valence-corrected chi connectivity index (χ2v) is 7.44. The second-order valence-electron chi connectivity index (χ2n) is 7.44. The van der Waals surface area contributed by atoms with Crippen LogP contribution in [-0.2, 0) is 9.47 Å². The zero-order chi connectivity index (χ0) is 19.6. The van der Waals surface area contributed by atoms with Crippen molar-refractivity contribution in [3.05, 3.63) is 28.8 Å². The van der Waals surface area contributed by atoms with Crippen molar-refractivity contribution in [2.75, 3.05) is 5.73 Å². The molecule has 0 atom stereocenters. The summed E-state index contributed by atoms with van der Waals surface area (Å²) in [6.07, 6.45) is 0. The lowest BCUT2D eigenvalue weighted by atomic mass is 9.97. The summed E-state index contributed by atoms with van der Waals surface area (Å²) in [7, 11) is 0. The molecular weight excluding hydrogens is 326 g/mol. The van der Waals surface area contributed by atoms with Gasteiger partial charge < -0.3 is 26.1 Å². The Balaban J connectivity index is 3.64. The van der Waals surface area contributed by atoms with Crippen molar-refractivity contribution >= 4 is 23.5 Å². The predicted octanol–water partition coefficient (Wildman–Crippen LogP) is 2.27. The number of rotatable bonds is 3. The van der Waals surface area contributed by atoms with Gasteiger partial charge in [0.15, 0.2) is 5.84 Å². The lowest BCUT2D eigenvalue weighted by Gasteiger charge is -2.24. The molecular formula is C17H25N3O5. The van der Waals surface area contributed by atoms with E-state index in [2.05, 4.69) is 5.16 Å². The van der Waals surface area contributed by atoms with Crippen molar-refractivity contribution in [3.8, 4) is 0 Å². The van der Waals surface area contributed by atoms with Gasteiger partial charge in [0.25, 0.3) is 0 Å². The minimum Gasteiger partial charge on any atom is -0.456 e. The Morgan fingerprint density at radius 3 is 1.80 bits per heavy atom. The van der Waals surface area contributed by atoms with Crippen molar-refractivity contribution < 1.29 is 24.3 Å². The monoisotopic (exact) mass is 351 g/mol. The maximum absolute atomic E-state index is 12.7. The minimum absolute atomic E-state index is 0.0181. The average molecular weight is 351 g/mol. The van der Waals surface area contributed by atoms with Crippen LogP contribution in [0.15, 0.2) is 17.3 Å². The van der Waals surface area contributed by atoms with E-state index in [4.69, 9.17) is 26.1 Å². The summed E-state index contributed by atoms with van der Waals surface area (Å²) < 4.78 is 10.7. The SMILES string of the molecule is CC(C)(C)OC(=O)c1c(N)ccc(/C(N)=N/O)c1C(=O)OC(C)(C)C. The van der Waals surface area contributed by atoms with Crippen LogP contribution in [0, 0.1) is 0 Å². The molecule has 1 aromatic carbocycles. The van der Waals surface area contributed by atoms with E-state index >= 15 is 0 Å². The van der Waals surface area contributed by atoms with Crippen LogP contribution >= 0.6 is 0 Å². The topological polar surface area (TPSA) is 137 Å². The smallest absolute Gasteiger partial charge is 0.341 e. The van der Waals surface area contributed by atoms with E-state index in [1.54, 1.807) is 41.5 Å². The molecule has 0 radical (unpaired) electrons. The number of hydrogen-bond donors (Lipinski definition) is 3. The number of carbonyl (C=O) groups is 2. The number of nitrogen functional groups attached to an aromatic ring is 1. The van der Waals surface area contributed by atoms with E-state index in [-0.39, 0.29) is 28.2 Å². The molecule has 0 bridgehead atoms. The molecule has 0 heterocycles. The van der Waals surface area contributed by atoms with E-state index < -0.39 is 23.1 Å². The highest BCUT2D eigenvalue weighted by Gasteiger charge is 2.31. The summed E-state index contributed by atoms with van der Waals surface area (Å²) in [5.41, 5.74) is 9.56. The minimum atomic E-state index is -0.831. The third-order valence-corrected chi connectivity index (χ3v) is 2.83. The molecule has 25 heavy (non-hydrogen) atoms. The quantitative estimate of drug-likeness (QED) is 0.190. The molecule has 0 saturated heterocycles. The molecule has 0 aromatic heterocycles. The molecule has 5 N–H and O–H groups in total. The molecule has 138 valence electrons. The van der Waals surface area contributed by atoms with Crippen LogP contribution in [0.1, 0.15) is 67.8 Å². The Morgan fingerprint density at radius 2 is 1.40 bits per heavy atom. The number of nitrogens with two attached hydrogens (primary N) is 2. The number of benzene rings is 1. The van der Waals surface area contributed by atoms with Crippen LogP contribution in [0.25, 0.3) is 0 Å². The lowest BCUT2D eigenvalue weighted by molar-refractivity contribution is 0.00194. The van der Waals surface area contributed by atoms with Gasteiger partial charge in [-0.3, -0.25) is 0 Å². The van der Waals surface area contributed by atoms with Gasteiger partial charge in [-0.1, -0.05) is 5.16 Å². The molecule has 0 aliphatic carbocycles. The van der Waals surface area contributed by atoms with E-state index in [0.717, 1.165) is 0 Å². The number of nitrogens with zero attached hydrogens (tertiary/aromatic N) is 1. The van der Waals surface area contributed by atoms with Gasteiger partial charge in [-0.15, -0.1) is 0 Å². The number of esters is 2. The van der Waals surface area contributed by atoms with Gasteiger partial charge in [-0.2, -0.15) is 0 Å². The lowest BCUT2D eigenvalue weighted by Crippen LogP contribution is -2.31. The Morgan fingerprint density at radius 1 is 0.960 bits per heavy atom. The van der Waals surface area contributed by atoms with Gasteiger partial charge >= 0.3 is 11.9 Å². The van der Waals surface area contributed by atoms with Crippen molar-refractivity contribution in [2.45, 2.75) is 52.7 Å². The molecule has 0 unspecified atom stereocenters. The molecule has 0 spiro atoms. The standard InChI is InChI=1S/C17H25N3O5/c1-16(2,3)24-14(21)11-9(13(19)20-23)7-8-10(18)12(11)15(22)25-17(4,5)6/h7-8,23H,18H2,1-6H3,(H2,19,20). The number of amidine groups is 1. The fraction of sp³-hybridized carbons (Fsp3) is 0.471. The molecule has 0 fully saturated rings. The van der Waals surface area contributed by atoms with Crippen LogP contribution in [0.5, 0.6) is 0 Å². The first-order valence-electron chi connectivity index (χ1n) is 7.64. The van der Waals surface area contributed by atoms with E-state index in [0.29, 0.717) is 0 Å². The average Bonchev–Trinajstić information content (AvgIpc) is 2.42. The normalized spacial score (nSPS) is 12.6. The van der Waals surface area contributed by atoms with Gasteiger partial charge in [0.1, 0.15) is 11.2 Å². The number of carbonyl (C=O) groups excluding carboxylic acids is 2. The molecule has 0 aliphatic rings. The van der Waals surface area contributed by atoms with Gasteiger partial charge in [-0.05, 0) is 53.7 Å². The first-order valence-corrected chi connectivity index (χ1v) is 7.64. The largest absolute Gasteiger partial charge is 0.456 e. The highest BCUT2D eigenvalue weighted by Crippen LogP contribution is 2.27. The Kier molecular flexibility index (Phi) is 5.68.